The Labute approximate surface area is 135 Å². The third-order valence-electron chi connectivity index (χ3n) is 4.58. The molecule has 0 aromatic carbocycles. The Morgan fingerprint density at radius 3 is 2.71 bits per heavy atom. The smallest absolute Gasteiger partial charge is 0.345 e. The molecule has 0 spiro atoms. The highest BCUT2D eigenvalue weighted by atomic mass is 79.9. The molecule has 0 aliphatic heterocycles. The van der Waals surface area contributed by atoms with E-state index in [-0.39, 0.29) is 9.77 Å². The van der Waals surface area contributed by atoms with E-state index in [0.717, 1.165) is 23.7 Å². The topological polar surface area (TPSA) is 83.5 Å². The first-order valence-electron chi connectivity index (χ1n) is 6.89. The van der Waals surface area contributed by atoms with E-state index in [4.69, 9.17) is 5.11 Å². The maximum Gasteiger partial charge on any atom is 0.345 e. The Bertz CT molecular complexity index is 670. The summed E-state index contributed by atoms with van der Waals surface area (Å²) >= 11 is 4.06. The maximum absolute atomic E-state index is 12.3. The summed E-state index contributed by atoms with van der Waals surface area (Å²) in [6, 6.07) is 1.21. The van der Waals surface area contributed by atoms with Gasteiger partial charge in [0.2, 0.25) is 10.0 Å². The van der Waals surface area contributed by atoms with Crippen molar-refractivity contribution in [2.75, 3.05) is 6.54 Å². The van der Waals surface area contributed by atoms with Crippen LogP contribution in [0.5, 0.6) is 0 Å². The molecular weight excluding hydrogens is 378 g/mol. The summed E-state index contributed by atoms with van der Waals surface area (Å²) in [5.74, 6) is 0.735. The van der Waals surface area contributed by atoms with Crippen LogP contribution in [0.4, 0.5) is 0 Å². The summed E-state index contributed by atoms with van der Waals surface area (Å²) in [6.07, 6.45) is 4.84. The SMILES string of the molecule is O=C(O)c1cc(S(=O)(=O)NCC2CC3CCC2C3)c(Br)s1. The minimum atomic E-state index is -3.66. The molecule has 0 radical (unpaired) electrons. The Kier molecular flexibility index (Phi) is 4.15. The summed E-state index contributed by atoms with van der Waals surface area (Å²) < 4.78 is 27.6. The van der Waals surface area contributed by atoms with Crippen LogP contribution < -0.4 is 4.72 Å². The van der Waals surface area contributed by atoms with Crippen molar-refractivity contribution in [3.05, 3.63) is 14.7 Å². The number of aromatic carboxylic acids is 1. The molecule has 116 valence electrons. The van der Waals surface area contributed by atoms with Gasteiger partial charge in [0.05, 0.1) is 3.79 Å². The molecule has 8 heteroatoms. The zero-order chi connectivity index (χ0) is 15.2. The van der Waals surface area contributed by atoms with Crippen molar-refractivity contribution >= 4 is 43.3 Å². The standard InChI is InChI=1S/C13H16BrNO4S2/c14-12-11(5-10(20-12)13(16)17)21(18,19)15-6-9-4-7-1-2-8(9)3-7/h5,7-9,15H,1-4,6H2,(H,16,17). The number of hydrogen-bond donors (Lipinski definition) is 2. The number of sulfonamides is 1. The zero-order valence-electron chi connectivity index (χ0n) is 11.2. The number of thiophene rings is 1. The number of rotatable bonds is 5. The van der Waals surface area contributed by atoms with Crippen LogP contribution in [0.25, 0.3) is 0 Å². The highest BCUT2D eigenvalue weighted by Crippen LogP contribution is 2.48. The maximum atomic E-state index is 12.3. The van der Waals surface area contributed by atoms with Crippen molar-refractivity contribution in [1.29, 1.82) is 0 Å². The summed E-state index contributed by atoms with van der Waals surface area (Å²) in [4.78, 5) is 11.0. The van der Waals surface area contributed by atoms with Crippen LogP contribution in [0.15, 0.2) is 14.7 Å². The van der Waals surface area contributed by atoms with Crippen LogP contribution in [0, 0.1) is 17.8 Å². The lowest BCUT2D eigenvalue weighted by Gasteiger charge is -2.21. The predicted molar refractivity (Wildman–Crippen MR) is 83.1 cm³/mol. The fraction of sp³-hybridized carbons (Fsp3) is 0.615. The van der Waals surface area contributed by atoms with E-state index in [9.17, 15) is 13.2 Å². The molecule has 1 heterocycles. The number of halogens is 1. The predicted octanol–water partition coefficient (Wildman–Crippen LogP) is 2.92. The molecule has 3 atom stereocenters. The van der Waals surface area contributed by atoms with Gasteiger partial charge in [-0.15, -0.1) is 11.3 Å². The first-order valence-corrected chi connectivity index (χ1v) is 9.98. The summed E-state index contributed by atoms with van der Waals surface area (Å²) in [7, 11) is -3.66. The van der Waals surface area contributed by atoms with Gasteiger partial charge in [-0.25, -0.2) is 17.9 Å². The lowest BCUT2D eigenvalue weighted by molar-refractivity contribution is 0.0702. The van der Waals surface area contributed by atoms with E-state index in [1.807, 2.05) is 0 Å². The van der Waals surface area contributed by atoms with Crippen LogP contribution in [-0.4, -0.2) is 26.0 Å². The minimum absolute atomic E-state index is 0.0159. The van der Waals surface area contributed by atoms with Crippen molar-refractivity contribution < 1.29 is 18.3 Å². The third kappa shape index (κ3) is 3.04. The van der Waals surface area contributed by atoms with Crippen molar-refractivity contribution in [3.63, 3.8) is 0 Å². The van der Waals surface area contributed by atoms with E-state index in [0.29, 0.717) is 22.2 Å². The van der Waals surface area contributed by atoms with Crippen molar-refractivity contribution in [3.8, 4) is 0 Å². The molecule has 2 N–H and O–H groups in total. The zero-order valence-corrected chi connectivity index (χ0v) is 14.4. The van der Waals surface area contributed by atoms with Gasteiger partial charge in [0.25, 0.3) is 0 Å². The van der Waals surface area contributed by atoms with Gasteiger partial charge in [-0.3, -0.25) is 0 Å². The third-order valence-corrected chi connectivity index (χ3v) is 8.24. The second-order valence-corrected chi connectivity index (χ2v) is 9.95. The Morgan fingerprint density at radius 1 is 1.43 bits per heavy atom. The van der Waals surface area contributed by atoms with Gasteiger partial charge in [0.1, 0.15) is 9.77 Å². The Balaban J connectivity index is 1.70. The van der Waals surface area contributed by atoms with Crippen LogP contribution in [0.3, 0.4) is 0 Å². The normalized spacial score (nSPS) is 28.1. The van der Waals surface area contributed by atoms with Gasteiger partial charge in [0.15, 0.2) is 0 Å². The fourth-order valence-corrected chi connectivity index (χ4v) is 7.06. The molecule has 1 aromatic heterocycles. The Hall–Kier alpha value is -0.440. The van der Waals surface area contributed by atoms with Gasteiger partial charge in [0, 0.05) is 6.54 Å². The molecule has 0 amide bonds. The summed E-state index contributed by atoms with van der Waals surface area (Å²) in [5.41, 5.74) is 0. The van der Waals surface area contributed by atoms with Gasteiger partial charge < -0.3 is 5.11 Å². The molecule has 2 bridgehead atoms. The Morgan fingerprint density at radius 2 is 2.19 bits per heavy atom. The number of carboxylic acid groups (broad SMARTS) is 1. The molecular formula is C13H16BrNO4S2. The lowest BCUT2D eigenvalue weighted by atomic mass is 9.89. The summed E-state index contributed by atoms with van der Waals surface area (Å²) in [5, 5.41) is 8.94. The average Bonchev–Trinajstić information content (AvgIpc) is 3.10. The van der Waals surface area contributed by atoms with Crippen LogP contribution >= 0.6 is 27.3 Å². The number of fused-ring (bicyclic) bond motifs is 2. The highest BCUT2D eigenvalue weighted by molar-refractivity contribution is 9.11. The first kappa shape index (κ1) is 15.5. The van der Waals surface area contributed by atoms with Crippen molar-refractivity contribution in [2.45, 2.75) is 30.6 Å². The van der Waals surface area contributed by atoms with E-state index >= 15 is 0 Å². The van der Waals surface area contributed by atoms with Crippen molar-refractivity contribution in [1.82, 2.24) is 4.72 Å². The number of carbonyl (C=O) groups is 1. The fourth-order valence-electron chi connectivity index (χ4n) is 3.56. The van der Waals surface area contributed by atoms with E-state index in [2.05, 4.69) is 20.7 Å². The van der Waals surface area contributed by atoms with Crippen LogP contribution in [0.1, 0.15) is 35.4 Å². The van der Waals surface area contributed by atoms with Crippen LogP contribution in [0.2, 0.25) is 0 Å². The quantitative estimate of drug-likeness (QED) is 0.805. The first-order chi connectivity index (χ1) is 9.87. The highest BCUT2D eigenvalue weighted by Gasteiger charge is 2.39. The van der Waals surface area contributed by atoms with Gasteiger partial charge in [-0.05, 0) is 59.0 Å². The molecule has 0 saturated heterocycles. The van der Waals surface area contributed by atoms with E-state index < -0.39 is 16.0 Å². The molecule has 2 aliphatic rings. The molecule has 2 aliphatic carbocycles. The molecule has 1 aromatic rings. The second kappa shape index (κ2) is 5.64. The van der Waals surface area contributed by atoms with E-state index in [1.165, 1.54) is 25.3 Å². The van der Waals surface area contributed by atoms with E-state index in [1.54, 1.807) is 0 Å². The van der Waals surface area contributed by atoms with Gasteiger partial charge >= 0.3 is 5.97 Å². The molecule has 3 rings (SSSR count). The number of hydrogen-bond acceptors (Lipinski definition) is 4. The molecule has 21 heavy (non-hydrogen) atoms. The average molecular weight is 394 g/mol. The van der Waals surface area contributed by atoms with Gasteiger partial charge in [-0.1, -0.05) is 6.42 Å². The number of carboxylic acids is 1. The van der Waals surface area contributed by atoms with Crippen molar-refractivity contribution in [2.24, 2.45) is 17.8 Å². The summed E-state index contributed by atoms with van der Waals surface area (Å²) in [6.45, 7) is 0.453. The lowest BCUT2D eigenvalue weighted by Crippen LogP contribution is -2.31. The second-order valence-electron chi connectivity index (χ2n) is 5.84. The minimum Gasteiger partial charge on any atom is -0.477 e. The molecule has 5 nitrogen and oxygen atoms in total. The molecule has 2 fully saturated rings. The largest absolute Gasteiger partial charge is 0.477 e. The monoisotopic (exact) mass is 393 g/mol. The molecule has 2 saturated carbocycles. The number of nitrogens with one attached hydrogen (secondary N) is 1. The molecule has 3 unspecified atom stereocenters. The van der Waals surface area contributed by atoms with Gasteiger partial charge in [-0.2, -0.15) is 0 Å². The van der Waals surface area contributed by atoms with Crippen LogP contribution in [-0.2, 0) is 10.0 Å².